The standard InChI is InChI=1S/C10H7N5O3/c1-5-4-6-9(15(17)18)7-2-3-8(16)13-14(7)10(6)12-11-5/h2-4H,1H3,(H,13,16). The van der Waals surface area contributed by atoms with Gasteiger partial charge < -0.3 is 0 Å². The molecule has 3 rings (SSSR count). The zero-order chi connectivity index (χ0) is 12.9. The number of aryl methyl sites for hydroxylation is 1. The summed E-state index contributed by atoms with van der Waals surface area (Å²) in [5.41, 5.74) is 0.675. The monoisotopic (exact) mass is 245 g/mol. The molecule has 0 aromatic carbocycles. The average Bonchev–Trinajstić information content (AvgIpc) is 2.61. The predicted octanol–water partition coefficient (Wildman–Crippen LogP) is 0.787. The van der Waals surface area contributed by atoms with E-state index in [2.05, 4.69) is 15.3 Å². The first-order chi connectivity index (χ1) is 8.58. The summed E-state index contributed by atoms with van der Waals surface area (Å²) < 4.78 is 1.28. The summed E-state index contributed by atoms with van der Waals surface area (Å²) in [7, 11) is 0. The molecule has 0 aliphatic carbocycles. The van der Waals surface area contributed by atoms with E-state index in [1.54, 1.807) is 13.0 Å². The number of nitrogens with zero attached hydrogens (tertiary/aromatic N) is 4. The number of H-pyrrole nitrogens is 1. The second-order valence-electron chi connectivity index (χ2n) is 3.86. The number of aromatic amines is 1. The zero-order valence-corrected chi connectivity index (χ0v) is 9.25. The molecule has 0 spiro atoms. The van der Waals surface area contributed by atoms with Gasteiger partial charge in [-0.25, -0.2) is 4.52 Å². The minimum absolute atomic E-state index is 0.0840. The molecule has 3 aromatic heterocycles. The van der Waals surface area contributed by atoms with Crippen LogP contribution in [0.1, 0.15) is 5.69 Å². The van der Waals surface area contributed by atoms with Crippen LogP contribution in [0.25, 0.3) is 16.6 Å². The van der Waals surface area contributed by atoms with Crippen molar-refractivity contribution < 1.29 is 4.92 Å². The summed E-state index contributed by atoms with van der Waals surface area (Å²) in [5.74, 6) is 0. The van der Waals surface area contributed by atoms with Gasteiger partial charge in [-0.05, 0) is 19.1 Å². The van der Waals surface area contributed by atoms with Crippen LogP contribution in [0.4, 0.5) is 5.69 Å². The van der Waals surface area contributed by atoms with E-state index < -0.39 is 4.92 Å². The normalized spacial score (nSPS) is 11.2. The molecular weight excluding hydrogens is 238 g/mol. The fraction of sp³-hybridized carbons (Fsp3) is 0.100. The van der Waals surface area contributed by atoms with Crippen LogP contribution in [0.3, 0.4) is 0 Å². The van der Waals surface area contributed by atoms with Gasteiger partial charge in [0.2, 0.25) is 0 Å². The van der Waals surface area contributed by atoms with Gasteiger partial charge in [0.05, 0.1) is 10.6 Å². The van der Waals surface area contributed by atoms with Crippen molar-refractivity contribution in [1.29, 1.82) is 0 Å². The Labute approximate surface area is 99.0 Å². The lowest BCUT2D eigenvalue weighted by molar-refractivity contribution is -0.381. The number of hydrogen-bond acceptors (Lipinski definition) is 5. The van der Waals surface area contributed by atoms with Crippen LogP contribution in [0.2, 0.25) is 0 Å². The third kappa shape index (κ3) is 1.29. The first-order valence-electron chi connectivity index (χ1n) is 5.10. The summed E-state index contributed by atoms with van der Waals surface area (Å²) >= 11 is 0. The Morgan fingerprint density at radius 1 is 1.39 bits per heavy atom. The van der Waals surface area contributed by atoms with Crippen molar-refractivity contribution in [2.75, 3.05) is 0 Å². The highest BCUT2D eigenvalue weighted by Gasteiger charge is 2.23. The molecule has 8 nitrogen and oxygen atoms in total. The SMILES string of the molecule is Cc1cc2c([N+](=O)[O-])c3ccc(=O)[nH]n3c2nn1. The molecule has 0 radical (unpaired) electrons. The molecule has 0 saturated heterocycles. The van der Waals surface area contributed by atoms with E-state index in [9.17, 15) is 14.9 Å². The van der Waals surface area contributed by atoms with Crippen LogP contribution in [0, 0.1) is 17.0 Å². The summed E-state index contributed by atoms with van der Waals surface area (Å²) in [4.78, 5) is 21.9. The topological polar surface area (TPSA) is 106 Å². The van der Waals surface area contributed by atoms with E-state index >= 15 is 0 Å². The van der Waals surface area contributed by atoms with Crippen molar-refractivity contribution in [3.05, 3.63) is 44.4 Å². The average molecular weight is 245 g/mol. The molecule has 0 fully saturated rings. The fourth-order valence-corrected chi connectivity index (χ4v) is 1.94. The number of hydrogen-bond donors (Lipinski definition) is 1. The molecule has 90 valence electrons. The van der Waals surface area contributed by atoms with Crippen LogP contribution in [-0.2, 0) is 0 Å². The molecule has 0 aliphatic rings. The van der Waals surface area contributed by atoms with Crippen molar-refractivity contribution >= 4 is 22.2 Å². The minimum Gasteiger partial charge on any atom is -0.268 e. The van der Waals surface area contributed by atoms with Crippen LogP contribution in [-0.4, -0.2) is 24.7 Å². The zero-order valence-electron chi connectivity index (χ0n) is 9.25. The summed E-state index contributed by atoms with van der Waals surface area (Å²) in [6, 6.07) is 4.21. The predicted molar refractivity (Wildman–Crippen MR) is 62.5 cm³/mol. The third-order valence-electron chi connectivity index (χ3n) is 2.64. The van der Waals surface area contributed by atoms with Gasteiger partial charge in [-0.3, -0.25) is 20.0 Å². The van der Waals surface area contributed by atoms with Crippen molar-refractivity contribution in [3.63, 3.8) is 0 Å². The van der Waals surface area contributed by atoms with E-state index in [1.807, 2.05) is 0 Å². The molecule has 0 unspecified atom stereocenters. The van der Waals surface area contributed by atoms with E-state index in [4.69, 9.17) is 0 Å². The van der Waals surface area contributed by atoms with Gasteiger partial charge in [-0.2, -0.15) is 5.10 Å². The Morgan fingerprint density at radius 2 is 2.17 bits per heavy atom. The van der Waals surface area contributed by atoms with Gasteiger partial charge in [0.1, 0.15) is 10.9 Å². The number of nitrogens with one attached hydrogen (secondary N) is 1. The van der Waals surface area contributed by atoms with E-state index in [0.717, 1.165) is 0 Å². The molecule has 0 saturated carbocycles. The van der Waals surface area contributed by atoms with Gasteiger partial charge in [0.15, 0.2) is 5.65 Å². The molecular formula is C10H7N5O3. The maximum absolute atomic E-state index is 11.3. The molecule has 3 aromatic rings. The first-order valence-corrected chi connectivity index (χ1v) is 5.10. The smallest absolute Gasteiger partial charge is 0.268 e. The Morgan fingerprint density at radius 3 is 2.89 bits per heavy atom. The van der Waals surface area contributed by atoms with Crippen LogP contribution >= 0.6 is 0 Å². The maximum Gasteiger partial charge on any atom is 0.305 e. The van der Waals surface area contributed by atoms with Gasteiger partial charge in [0, 0.05) is 6.07 Å². The molecule has 0 amide bonds. The second kappa shape index (κ2) is 3.36. The quantitative estimate of drug-likeness (QED) is 0.503. The lowest BCUT2D eigenvalue weighted by Crippen LogP contribution is -2.09. The molecule has 0 bridgehead atoms. The largest absolute Gasteiger partial charge is 0.305 e. The van der Waals surface area contributed by atoms with Crippen molar-refractivity contribution in [2.24, 2.45) is 0 Å². The van der Waals surface area contributed by atoms with Gasteiger partial charge in [0.25, 0.3) is 5.56 Å². The summed E-state index contributed by atoms with van der Waals surface area (Å²) in [6.45, 7) is 1.70. The van der Waals surface area contributed by atoms with Crippen molar-refractivity contribution in [1.82, 2.24) is 19.8 Å². The molecule has 18 heavy (non-hydrogen) atoms. The second-order valence-corrected chi connectivity index (χ2v) is 3.86. The van der Waals surface area contributed by atoms with Crippen LogP contribution < -0.4 is 5.56 Å². The number of fused-ring (bicyclic) bond motifs is 3. The molecule has 0 aliphatic heterocycles. The van der Waals surface area contributed by atoms with Crippen LogP contribution in [0.15, 0.2) is 23.0 Å². The van der Waals surface area contributed by atoms with E-state index in [1.165, 1.54) is 16.6 Å². The molecule has 0 atom stereocenters. The highest BCUT2D eigenvalue weighted by Crippen LogP contribution is 2.30. The van der Waals surface area contributed by atoms with E-state index in [-0.39, 0.29) is 22.4 Å². The van der Waals surface area contributed by atoms with Gasteiger partial charge in [-0.15, -0.1) is 5.10 Å². The van der Waals surface area contributed by atoms with Gasteiger partial charge >= 0.3 is 5.69 Å². The Kier molecular flexibility index (Phi) is 1.94. The lowest BCUT2D eigenvalue weighted by Gasteiger charge is -1.93. The highest BCUT2D eigenvalue weighted by molar-refractivity contribution is 5.96. The van der Waals surface area contributed by atoms with Crippen molar-refractivity contribution in [2.45, 2.75) is 6.92 Å². The van der Waals surface area contributed by atoms with E-state index in [0.29, 0.717) is 11.1 Å². The maximum atomic E-state index is 11.3. The fourth-order valence-electron chi connectivity index (χ4n) is 1.94. The highest BCUT2D eigenvalue weighted by atomic mass is 16.6. The minimum atomic E-state index is -0.489. The molecule has 1 N–H and O–H groups in total. The lowest BCUT2D eigenvalue weighted by atomic mass is 10.2. The van der Waals surface area contributed by atoms with Gasteiger partial charge in [-0.1, -0.05) is 0 Å². The molecule has 3 heterocycles. The summed E-state index contributed by atoms with van der Waals surface area (Å²) in [5, 5.41) is 21.7. The van der Waals surface area contributed by atoms with Crippen LogP contribution in [0.5, 0.6) is 0 Å². The first kappa shape index (κ1) is 10.4. The Bertz CT molecular complexity index is 848. The molecule has 8 heteroatoms. The number of aromatic nitrogens is 4. The Hall–Kier alpha value is -2.77. The Balaban J connectivity index is 2.65. The number of nitro groups is 1. The van der Waals surface area contributed by atoms with Crippen molar-refractivity contribution in [3.8, 4) is 0 Å². The number of rotatable bonds is 1. The summed E-state index contributed by atoms with van der Waals surface area (Å²) in [6.07, 6.45) is 0. The third-order valence-corrected chi connectivity index (χ3v) is 2.64.